The monoisotopic (exact) mass is 237 g/mol. The number of hydrogen-bond acceptors (Lipinski definition) is 6. The number of anilines is 3. The van der Waals surface area contributed by atoms with Crippen molar-refractivity contribution in [3.63, 3.8) is 0 Å². The molecule has 0 aromatic carbocycles. The van der Waals surface area contributed by atoms with Gasteiger partial charge in [0.15, 0.2) is 0 Å². The molecule has 1 fully saturated rings. The Balaban J connectivity index is 2.22. The first-order chi connectivity index (χ1) is 8.19. The van der Waals surface area contributed by atoms with Crippen LogP contribution >= 0.6 is 0 Å². The number of nitrogen functional groups attached to an aromatic ring is 1. The van der Waals surface area contributed by atoms with Gasteiger partial charge >= 0.3 is 0 Å². The fourth-order valence-corrected chi connectivity index (χ4v) is 1.95. The van der Waals surface area contributed by atoms with Crippen LogP contribution < -0.4 is 16.0 Å². The van der Waals surface area contributed by atoms with Gasteiger partial charge in [0.2, 0.25) is 5.95 Å². The number of nitrogens with two attached hydrogens (primary N) is 1. The van der Waals surface area contributed by atoms with E-state index in [1.807, 2.05) is 13.1 Å². The summed E-state index contributed by atoms with van der Waals surface area (Å²) in [6.07, 6.45) is 1.22. The van der Waals surface area contributed by atoms with E-state index in [2.05, 4.69) is 27.1 Å². The fourth-order valence-electron chi connectivity index (χ4n) is 1.95. The summed E-state index contributed by atoms with van der Waals surface area (Å²) in [5.74, 6) is 1.90. The minimum absolute atomic E-state index is 0.215. The molecule has 17 heavy (non-hydrogen) atoms. The molecule has 1 atom stereocenters. The normalized spacial score (nSPS) is 21.1. The lowest BCUT2D eigenvalue weighted by Gasteiger charge is -2.23. The average Bonchev–Trinajstić information content (AvgIpc) is 2.53. The lowest BCUT2D eigenvalue weighted by atomic mass is 10.3. The number of ether oxygens (including phenoxy) is 1. The molecule has 2 heterocycles. The van der Waals surface area contributed by atoms with Crippen molar-refractivity contribution in [3.8, 4) is 0 Å². The summed E-state index contributed by atoms with van der Waals surface area (Å²) in [5.41, 5.74) is 5.70. The summed E-state index contributed by atoms with van der Waals surface area (Å²) in [6, 6.07) is 1.91. The van der Waals surface area contributed by atoms with Gasteiger partial charge in [-0.2, -0.15) is 9.97 Å². The molecule has 6 heteroatoms. The SMILES string of the molecule is CNc1cc(N2CCCOC(C)C2)nc(N)n1. The molecular formula is C11H19N5O. The number of aromatic nitrogens is 2. The van der Waals surface area contributed by atoms with E-state index in [0.717, 1.165) is 37.8 Å². The van der Waals surface area contributed by atoms with Crippen molar-refractivity contribution < 1.29 is 4.74 Å². The summed E-state index contributed by atoms with van der Waals surface area (Å²) in [5, 5.41) is 2.99. The lowest BCUT2D eigenvalue weighted by Crippen LogP contribution is -2.31. The van der Waals surface area contributed by atoms with Gasteiger partial charge in [-0.3, -0.25) is 0 Å². The molecule has 0 radical (unpaired) electrons. The van der Waals surface area contributed by atoms with E-state index in [1.54, 1.807) is 0 Å². The van der Waals surface area contributed by atoms with E-state index in [1.165, 1.54) is 0 Å². The highest BCUT2D eigenvalue weighted by molar-refractivity contribution is 5.52. The molecule has 1 aliphatic heterocycles. The molecule has 2 rings (SSSR count). The molecule has 0 amide bonds. The van der Waals surface area contributed by atoms with E-state index in [9.17, 15) is 0 Å². The molecule has 0 spiro atoms. The Hall–Kier alpha value is -1.56. The van der Waals surface area contributed by atoms with Crippen LogP contribution in [0.4, 0.5) is 17.6 Å². The molecular weight excluding hydrogens is 218 g/mol. The maximum atomic E-state index is 5.70. The standard InChI is InChI=1S/C11H19N5O/c1-8-7-16(4-3-5-17-8)10-6-9(13-2)14-11(12)15-10/h6,8H,3-5,7H2,1-2H3,(H3,12,13,14,15). The largest absolute Gasteiger partial charge is 0.377 e. The third-order valence-electron chi connectivity index (χ3n) is 2.76. The van der Waals surface area contributed by atoms with Crippen molar-refractivity contribution in [1.29, 1.82) is 0 Å². The van der Waals surface area contributed by atoms with Crippen molar-refractivity contribution >= 4 is 17.6 Å². The third kappa shape index (κ3) is 2.97. The van der Waals surface area contributed by atoms with Gasteiger partial charge < -0.3 is 20.7 Å². The Kier molecular flexibility index (Phi) is 3.63. The van der Waals surface area contributed by atoms with Crippen LogP contribution in [-0.4, -0.2) is 42.8 Å². The van der Waals surface area contributed by atoms with E-state index < -0.39 is 0 Å². The molecule has 1 aromatic rings. The van der Waals surface area contributed by atoms with Crippen LogP contribution in [0.1, 0.15) is 13.3 Å². The topological polar surface area (TPSA) is 76.3 Å². The lowest BCUT2D eigenvalue weighted by molar-refractivity contribution is 0.0820. The van der Waals surface area contributed by atoms with Crippen molar-refractivity contribution in [2.75, 3.05) is 42.7 Å². The zero-order valence-electron chi connectivity index (χ0n) is 10.3. The quantitative estimate of drug-likeness (QED) is 0.789. The molecule has 0 saturated carbocycles. The van der Waals surface area contributed by atoms with Crippen LogP contribution in [0.25, 0.3) is 0 Å². The van der Waals surface area contributed by atoms with Crippen molar-refractivity contribution in [2.24, 2.45) is 0 Å². The van der Waals surface area contributed by atoms with Crippen LogP contribution in [0.2, 0.25) is 0 Å². The summed E-state index contributed by atoms with van der Waals surface area (Å²) in [4.78, 5) is 10.6. The zero-order chi connectivity index (χ0) is 12.3. The summed E-state index contributed by atoms with van der Waals surface area (Å²) < 4.78 is 5.61. The van der Waals surface area contributed by atoms with Gasteiger partial charge in [0.1, 0.15) is 11.6 Å². The van der Waals surface area contributed by atoms with Gasteiger partial charge in [-0.15, -0.1) is 0 Å². The molecule has 3 N–H and O–H groups in total. The molecule has 6 nitrogen and oxygen atoms in total. The highest BCUT2D eigenvalue weighted by Gasteiger charge is 2.17. The first-order valence-electron chi connectivity index (χ1n) is 5.88. The van der Waals surface area contributed by atoms with Crippen LogP contribution in [0.5, 0.6) is 0 Å². The Morgan fingerprint density at radius 1 is 1.53 bits per heavy atom. The van der Waals surface area contributed by atoms with Crippen LogP contribution in [0.15, 0.2) is 6.07 Å². The Labute approximate surface area is 101 Å². The molecule has 0 aliphatic carbocycles. The van der Waals surface area contributed by atoms with Gasteiger partial charge in [0.05, 0.1) is 6.10 Å². The zero-order valence-corrected chi connectivity index (χ0v) is 10.3. The predicted molar refractivity (Wildman–Crippen MR) is 68.2 cm³/mol. The molecule has 1 unspecified atom stereocenters. The van der Waals surface area contributed by atoms with Crippen LogP contribution in [0.3, 0.4) is 0 Å². The third-order valence-corrected chi connectivity index (χ3v) is 2.76. The van der Waals surface area contributed by atoms with Gasteiger partial charge in [-0.25, -0.2) is 0 Å². The van der Waals surface area contributed by atoms with E-state index in [0.29, 0.717) is 5.95 Å². The van der Waals surface area contributed by atoms with Gasteiger partial charge in [-0.05, 0) is 13.3 Å². The van der Waals surface area contributed by atoms with E-state index in [-0.39, 0.29) is 6.10 Å². The number of rotatable bonds is 2. The smallest absolute Gasteiger partial charge is 0.223 e. The van der Waals surface area contributed by atoms with Gasteiger partial charge in [0.25, 0.3) is 0 Å². The Morgan fingerprint density at radius 3 is 3.12 bits per heavy atom. The van der Waals surface area contributed by atoms with Crippen molar-refractivity contribution in [3.05, 3.63) is 6.07 Å². The highest BCUT2D eigenvalue weighted by Crippen LogP contribution is 2.19. The fraction of sp³-hybridized carbons (Fsp3) is 0.636. The first kappa shape index (κ1) is 11.9. The van der Waals surface area contributed by atoms with Crippen LogP contribution in [0, 0.1) is 0 Å². The Morgan fingerprint density at radius 2 is 2.35 bits per heavy atom. The predicted octanol–water partition coefficient (Wildman–Crippen LogP) is 0.716. The van der Waals surface area contributed by atoms with Gasteiger partial charge in [-0.1, -0.05) is 0 Å². The molecule has 94 valence electrons. The Bertz CT molecular complexity index is 384. The summed E-state index contributed by atoms with van der Waals surface area (Å²) in [6.45, 7) is 4.64. The summed E-state index contributed by atoms with van der Waals surface area (Å²) >= 11 is 0. The maximum absolute atomic E-state index is 5.70. The molecule has 1 aliphatic rings. The van der Waals surface area contributed by atoms with E-state index >= 15 is 0 Å². The first-order valence-corrected chi connectivity index (χ1v) is 5.88. The number of nitrogens with one attached hydrogen (secondary N) is 1. The van der Waals surface area contributed by atoms with Crippen molar-refractivity contribution in [1.82, 2.24) is 9.97 Å². The summed E-state index contributed by atoms with van der Waals surface area (Å²) in [7, 11) is 1.82. The van der Waals surface area contributed by atoms with Crippen LogP contribution in [-0.2, 0) is 4.74 Å². The average molecular weight is 237 g/mol. The van der Waals surface area contributed by atoms with E-state index in [4.69, 9.17) is 10.5 Å². The molecule has 1 saturated heterocycles. The van der Waals surface area contributed by atoms with Gasteiger partial charge in [0, 0.05) is 32.8 Å². The highest BCUT2D eigenvalue weighted by atomic mass is 16.5. The minimum Gasteiger partial charge on any atom is -0.377 e. The second-order valence-corrected chi connectivity index (χ2v) is 4.20. The second kappa shape index (κ2) is 5.18. The maximum Gasteiger partial charge on any atom is 0.223 e. The van der Waals surface area contributed by atoms with Crippen molar-refractivity contribution in [2.45, 2.75) is 19.4 Å². The molecule has 0 bridgehead atoms. The molecule has 1 aromatic heterocycles. The number of hydrogen-bond donors (Lipinski definition) is 2. The number of nitrogens with zero attached hydrogens (tertiary/aromatic N) is 3. The second-order valence-electron chi connectivity index (χ2n) is 4.20. The minimum atomic E-state index is 0.215.